The number of rotatable bonds is 3. The molecule has 0 spiro atoms. The van der Waals surface area contributed by atoms with Crippen LogP contribution in [0.4, 0.5) is 11.6 Å². The van der Waals surface area contributed by atoms with Crippen LogP contribution in [0.2, 0.25) is 0 Å². The summed E-state index contributed by atoms with van der Waals surface area (Å²) in [5.41, 5.74) is 4.34. The zero-order valence-electron chi connectivity index (χ0n) is 12.9. The van der Waals surface area contributed by atoms with Crippen molar-refractivity contribution in [2.24, 2.45) is 0 Å². The van der Waals surface area contributed by atoms with Gasteiger partial charge >= 0.3 is 0 Å². The minimum Gasteiger partial charge on any atom is -0.350 e. The largest absolute Gasteiger partial charge is 0.350 e. The average molecular weight is 317 g/mol. The third-order valence-electron chi connectivity index (χ3n) is 3.85. The normalized spacial score (nSPS) is 12.6. The summed E-state index contributed by atoms with van der Waals surface area (Å²) < 4.78 is 0. The number of nitrogens with one attached hydrogen (secondary N) is 2. The Labute approximate surface area is 139 Å². The molecule has 2 N–H and O–H groups in total. The minimum absolute atomic E-state index is 0.0548. The fourth-order valence-corrected chi connectivity index (χ4v) is 2.70. The monoisotopic (exact) mass is 317 g/mol. The molecule has 1 amide bonds. The van der Waals surface area contributed by atoms with Gasteiger partial charge in [0.1, 0.15) is 0 Å². The summed E-state index contributed by atoms with van der Waals surface area (Å²) in [6, 6.07) is 11.5. The highest BCUT2D eigenvalue weighted by molar-refractivity contribution is 5.99. The van der Waals surface area contributed by atoms with Gasteiger partial charge in [-0.2, -0.15) is 0 Å². The summed E-state index contributed by atoms with van der Waals surface area (Å²) in [4.78, 5) is 25.1. The Balaban J connectivity index is 1.67. The van der Waals surface area contributed by atoms with Gasteiger partial charge in [0.25, 0.3) is 0 Å². The second-order valence-corrected chi connectivity index (χ2v) is 5.55. The Morgan fingerprint density at radius 3 is 2.92 bits per heavy atom. The first-order valence-corrected chi connectivity index (χ1v) is 7.67. The van der Waals surface area contributed by atoms with Crippen molar-refractivity contribution < 1.29 is 4.79 Å². The van der Waals surface area contributed by atoms with Crippen LogP contribution in [0.15, 0.2) is 55.0 Å². The van der Waals surface area contributed by atoms with Crippen molar-refractivity contribution in [1.82, 2.24) is 15.0 Å². The van der Waals surface area contributed by atoms with Crippen LogP contribution in [0.5, 0.6) is 0 Å². The van der Waals surface area contributed by atoms with Gasteiger partial charge in [-0.1, -0.05) is 24.3 Å². The molecule has 1 aromatic carbocycles. The van der Waals surface area contributed by atoms with Crippen molar-refractivity contribution in [3.8, 4) is 11.3 Å². The lowest BCUT2D eigenvalue weighted by molar-refractivity contribution is -0.115. The summed E-state index contributed by atoms with van der Waals surface area (Å²) >= 11 is 0. The van der Waals surface area contributed by atoms with Crippen LogP contribution in [-0.4, -0.2) is 20.9 Å². The van der Waals surface area contributed by atoms with E-state index in [1.807, 2.05) is 36.4 Å². The molecule has 0 radical (unpaired) electrons. The number of carbonyl (C=O) groups is 1. The van der Waals surface area contributed by atoms with Crippen LogP contribution < -0.4 is 10.6 Å². The molecule has 1 aliphatic rings. The molecule has 1 aliphatic heterocycles. The summed E-state index contributed by atoms with van der Waals surface area (Å²) in [6.45, 7) is 0.589. The fourth-order valence-electron chi connectivity index (χ4n) is 2.70. The van der Waals surface area contributed by atoms with Gasteiger partial charge < -0.3 is 10.6 Å². The number of nitrogens with zero attached hydrogens (tertiary/aromatic N) is 3. The summed E-state index contributed by atoms with van der Waals surface area (Å²) in [5, 5.41) is 6.12. The van der Waals surface area contributed by atoms with Crippen LogP contribution in [0.25, 0.3) is 11.3 Å². The van der Waals surface area contributed by atoms with Crippen molar-refractivity contribution >= 4 is 17.5 Å². The first-order valence-electron chi connectivity index (χ1n) is 7.67. The number of carbonyl (C=O) groups excluding carboxylic acids is 1. The number of fused-ring (bicyclic) bond motifs is 3. The molecule has 4 rings (SSSR count). The molecular formula is C18H15N5O. The average Bonchev–Trinajstić information content (AvgIpc) is 2.76. The predicted octanol–water partition coefficient (Wildman–Crippen LogP) is 2.65. The topological polar surface area (TPSA) is 79.8 Å². The molecular weight excluding hydrogens is 302 g/mol. The Bertz CT molecular complexity index is 895. The number of amides is 1. The van der Waals surface area contributed by atoms with Gasteiger partial charge in [0.2, 0.25) is 11.9 Å². The maximum atomic E-state index is 12.0. The Kier molecular flexibility index (Phi) is 3.63. The van der Waals surface area contributed by atoms with E-state index in [0.717, 1.165) is 28.1 Å². The smallest absolute Gasteiger partial charge is 0.228 e. The van der Waals surface area contributed by atoms with Crippen LogP contribution in [0.3, 0.4) is 0 Å². The van der Waals surface area contributed by atoms with Gasteiger partial charge in [0.15, 0.2) is 0 Å². The van der Waals surface area contributed by atoms with E-state index < -0.39 is 0 Å². The maximum Gasteiger partial charge on any atom is 0.228 e. The van der Waals surface area contributed by atoms with Crippen molar-refractivity contribution in [3.05, 3.63) is 66.1 Å². The molecule has 0 bridgehead atoms. The standard InChI is InChI=1S/C18H15N5O/c24-16-8-13-11-21-18(20-10-12-4-3-7-19-9-12)23-17(13)14-5-1-2-6-15(14)22-16/h1-7,9,11H,8,10H2,(H,22,24)(H,20,21,23). The van der Waals surface area contributed by atoms with Gasteiger partial charge in [-0.3, -0.25) is 9.78 Å². The van der Waals surface area contributed by atoms with E-state index in [4.69, 9.17) is 0 Å². The molecule has 0 unspecified atom stereocenters. The van der Waals surface area contributed by atoms with Gasteiger partial charge in [0.05, 0.1) is 17.8 Å². The molecule has 0 saturated heterocycles. The van der Waals surface area contributed by atoms with Crippen LogP contribution >= 0.6 is 0 Å². The first-order chi connectivity index (χ1) is 11.8. The molecule has 24 heavy (non-hydrogen) atoms. The van der Waals surface area contributed by atoms with E-state index in [1.54, 1.807) is 18.6 Å². The maximum absolute atomic E-state index is 12.0. The summed E-state index contributed by atoms with van der Waals surface area (Å²) in [7, 11) is 0. The van der Waals surface area contributed by atoms with Gasteiger partial charge in [-0.15, -0.1) is 0 Å². The lowest BCUT2D eigenvalue weighted by atomic mass is 10.1. The molecule has 3 heterocycles. The molecule has 0 aliphatic carbocycles. The number of hydrogen-bond acceptors (Lipinski definition) is 5. The molecule has 2 aromatic heterocycles. The molecule has 3 aromatic rings. The first kappa shape index (κ1) is 14.3. The zero-order chi connectivity index (χ0) is 16.4. The molecule has 0 fully saturated rings. The van der Waals surface area contributed by atoms with Crippen LogP contribution in [0, 0.1) is 0 Å². The third kappa shape index (κ3) is 2.81. The number of pyridine rings is 1. The van der Waals surface area contributed by atoms with Crippen molar-refractivity contribution in [2.75, 3.05) is 10.6 Å². The Hall–Kier alpha value is -3.28. The predicted molar refractivity (Wildman–Crippen MR) is 91.4 cm³/mol. The second-order valence-electron chi connectivity index (χ2n) is 5.55. The molecule has 6 nitrogen and oxygen atoms in total. The highest BCUT2D eigenvalue weighted by Crippen LogP contribution is 2.32. The minimum atomic E-state index is -0.0548. The molecule has 6 heteroatoms. The van der Waals surface area contributed by atoms with Crippen molar-refractivity contribution in [1.29, 1.82) is 0 Å². The van der Waals surface area contributed by atoms with E-state index >= 15 is 0 Å². The summed E-state index contributed by atoms with van der Waals surface area (Å²) in [5.74, 6) is 0.475. The quantitative estimate of drug-likeness (QED) is 0.776. The molecule has 118 valence electrons. The van der Waals surface area contributed by atoms with Gasteiger partial charge in [-0.25, -0.2) is 9.97 Å². The summed E-state index contributed by atoms with van der Waals surface area (Å²) in [6.07, 6.45) is 5.53. The number of aromatic nitrogens is 3. The molecule has 0 saturated carbocycles. The third-order valence-corrected chi connectivity index (χ3v) is 3.85. The highest BCUT2D eigenvalue weighted by Gasteiger charge is 2.20. The van der Waals surface area contributed by atoms with Gasteiger partial charge in [-0.05, 0) is 17.7 Å². The van der Waals surface area contributed by atoms with E-state index in [-0.39, 0.29) is 12.3 Å². The number of anilines is 2. The zero-order valence-corrected chi connectivity index (χ0v) is 12.9. The lowest BCUT2D eigenvalue weighted by Crippen LogP contribution is -2.12. The van der Waals surface area contributed by atoms with Crippen molar-refractivity contribution in [2.45, 2.75) is 13.0 Å². The van der Waals surface area contributed by atoms with Crippen LogP contribution in [-0.2, 0) is 17.8 Å². The lowest BCUT2D eigenvalue weighted by Gasteiger charge is -2.10. The highest BCUT2D eigenvalue weighted by atomic mass is 16.1. The van der Waals surface area contributed by atoms with Crippen LogP contribution in [0.1, 0.15) is 11.1 Å². The number of para-hydroxylation sites is 1. The van der Waals surface area contributed by atoms with Crippen molar-refractivity contribution in [3.63, 3.8) is 0 Å². The number of hydrogen-bond donors (Lipinski definition) is 2. The van der Waals surface area contributed by atoms with E-state index in [0.29, 0.717) is 12.5 Å². The fraction of sp³-hybridized carbons (Fsp3) is 0.111. The second kappa shape index (κ2) is 6.08. The Morgan fingerprint density at radius 1 is 1.12 bits per heavy atom. The Morgan fingerprint density at radius 2 is 2.04 bits per heavy atom. The number of benzene rings is 1. The van der Waals surface area contributed by atoms with E-state index in [9.17, 15) is 4.79 Å². The van der Waals surface area contributed by atoms with Gasteiger partial charge in [0, 0.05) is 36.3 Å². The van der Waals surface area contributed by atoms with E-state index in [2.05, 4.69) is 25.6 Å². The molecule has 0 atom stereocenters. The van der Waals surface area contributed by atoms with E-state index in [1.165, 1.54) is 0 Å². The SMILES string of the molecule is O=C1Cc2cnc(NCc3cccnc3)nc2-c2ccccc2N1.